The van der Waals surface area contributed by atoms with Crippen LogP contribution in [0.3, 0.4) is 0 Å². The van der Waals surface area contributed by atoms with Gasteiger partial charge in [0, 0.05) is 24.9 Å². The molecule has 5 atom stereocenters. The van der Waals surface area contributed by atoms with E-state index in [2.05, 4.69) is 11.4 Å². The third kappa shape index (κ3) is 4.24. The number of benzene rings is 2. The molecular formula is C24H27N3O3. The van der Waals surface area contributed by atoms with Crippen molar-refractivity contribution >= 4 is 5.91 Å². The molecule has 1 saturated carbocycles. The van der Waals surface area contributed by atoms with Crippen LogP contribution in [0.4, 0.5) is 0 Å². The maximum atomic E-state index is 13.3. The third-order valence-corrected chi connectivity index (χ3v) is 6.16. The Hall–Kier alpha value is -2.72. The fraction of sp³-hybridized carbons (Fsp3) is 0.417. The van der Waals surface area contributed by atoms with Crippen molar-refractivity contribution in [3.8, 4) is 6.07 Å². The van der Waals surface area contributed by atoms with Crippen LogP contribution in [0.1, 0.15) is 23.1 Å². The highest BCUT2D eigenvalue weighted by molar-refractivity contribution is 5.84. The van der Waals surface area contributed by atoms with Crippen LogP contribution in [0.5, 0.6) is 0 Å². The normalized spacial score (nSPS) is 25.2. The highest BCUT2D eigenvalue weighted by Gasteiger charge is 2.60. The first-order valence-electron chi connectivity index (χ1n) is 10.5. The molecule has 156 valence electrons. The number of nitriles is 1. The molecule has 6 heteroatoms. The van der Waals surface area contributed by atoms with E-state index >= 15 is 0 Å². The number of carbonyl (C=O) groups excluding carboxylic acids is 1. The molecule has 1 saturated heterocycles. The van der Waals surface area contributed by atoms with Crippen molar-refractivity contribution in [2.75, 3.05) is 32.9 Å². The van der Waals surface area contributed by atoms with E-state index in [1.807, 2.05) is 65.6 Å². The number of morpholine rings is 1. The summed E-state index contributed by atoms with van der Waals surface area (Å²) in [4.78, 5) is 15.1. The lowest BCUT2D eigenvalue weighted by atomic mass is 10.0. The SMILES string of the molecule is N#C[C@H](N[C@H](CO)c1ccccc1)[C@H]1[C@@H](C(=O)N2CCOCC2)[C@@H]1c1ccccc1. The van der Waals surface area contributed by atoms with Crippen molar-refractivity contribution < 1.29 is 14.6 Å². The van der Waals surface area contributed by atoms with Crippen molar-refractivity contribution in [3.63, 3.8) is 0 Å². The second-order valence-corrected chi connectivity index (χ2v) is 7.90. The van der Waals surface area contributed by atoms with Crippen LogP contribution in [0.25, 0.3) is 0 Å². The summed E-state index contributed by atoms with van der Waals surface area (Å²) in [6, 6.07) is 21.0. The van der Waals surface area contributed by atoms with Crippen LogP contribution in [-0.4, -0.2) is 54.9 Å². The van der Waals surface area contributed by atoms with Crippen LogP contribution in [0, 0.1) is 23.2 Å². The smallest absolute Gasteiger partial charge is 0.226 e. The summed E-state index contributed by atoms with van der Waals surface area (Å²) in [5, 5.41) is 23.2. The molecule has 1 heterocycles. The average molecular weight is 405 g/mol. The molecule has 0 bridgehead atoms. The molecule has 4 rings (SSSR count). The minimum Gasteiger partial charge on any atom is -0.394 e. The summed E-state index contributed by atoms with van der Waals surface area (Å²) in [6.07, 6.45) is 0. The Morgan fingerprint density at radius 2 is 1.77 bits per heavy atom. The monoisotopic (exact) mass is 405 g/mol. The Balaban J connectivity index is 1.56. The van der Waals surface area contributed by atoms with Gasteiger partial charge >= 0.3 is 0 Å². The van der Waals surface area contributed by atoms with Crippen LogP contribution < -0.4 is 5.32 Å². The van der Waals surface area contributed by atoms with Crippen LogP contribution in [-0.2, 0) is 9.53 Å². The molecule has 30 heavy (non-hydrogen) atoms. The van der Waals surface area contributed by atoms with Gasteiger partial charge in [-0.1, -0.05) is 60.7 Å². The Labute approximate surface area is 177 Å². The van der Waals surface area contributed by atoms with Gasteiger partial charge in [-0.05, 0) is 11.1 Å². The van der Waals surface area contributed by atoms with Gasteiger partial charge in [0.2, 0.25) is 5.91 Å². The second-order valence-electron chi connectivity index (χ2n) is 7.90. The summed E-state index contributed by atoms with van der Waals surface area (Å²) in [6.45, 7) is 2.18. The second kappa shape index (κ2) is 9.40. The molecule has 0 spiro atoms. The summed E-state index contributed by atoms with van der Waals surface area (Å²) < 4.78 is 5.39. The van der Waals surface area contributed by atoms with Gasteiger partial charge in [0.05, 0.1) is 37.8 Å². The topological polar surface area (TPSA) is 85.6 Å². The molecular weight excluding hydrogens is 378 g/mol. The molecule has 6 nitrogen and oxygen atoms in total. The van der Waals surface area contributed by atoms with E-state index in [4.69, 9.17) is 4.74 Å². The van der Waals surface area contributed by atoms with Gasteiger partial charge in [0.15, 0.2) is 0 Å². The number of nitrogens with zero attached hydrogens (tertiary/aromatic N) is 2. The number of rotatable bonds is 7. The lowest BCUT2D eigenvalue weighted by Crippen LogP contribution is -2.43. The first-order valence-corrected chi connectivity index (χ1v) is 10.5. The zero-order valence-electron chi connectivity index (χ0n) is 16.9. The van der Waals surface area contributed by atoms with Crippen LogP contribution in [0.15, 0.2) is 60.7 Å². The molecule has 2 fully saturated rings. The van der Waals surface area contributed by atoms with E-state index in [1.54, 1.807) is 0 Å². The summed E-state index contributed by atoms with van der Waals surface area (Å²) in [7, 11) is 0. The average Bonchev–Trinajstić information content (AvgIpc) is 3.56. The third-order valence-electron chi connectivity index (χ3n) is 6.16. The Morgan fingerprint density at radius 3 is 2.37 bits per heavy atom. The number of aliphatic hydroxyl groups is 1. The molecule has 1 aliphatic heterocycles. The fourth-order valence-electron chi connectivity index (χ4n) is 4.56. The van der Waals surface area contributed by atoms with E-state index in [1.165, 1.54) is 0 Å². The Kier molecular flexibility index (Phi) is 6.44. The molecule has 0 aromatic heterocycles. The van der Waals surface area contributed by atoms with E-state index in [0.29, 0.717) is 26.3 Å². The molecule has 2 N–H and O–H groups in total. The van der Waals surface area contributed by atoms with E-state index in [-0.39, 0.29) is 36.3 Å². The van der Waals surface area contributed by atoms with Gasteiger partial charge in [0.1, 0.15) is 6.04 Å². The van der Waals surface area contributed by atoms with Crippen molar-refractivity contribution in [3.05, 3.63) is 71.8 Å². The lowest BCUT2D eigenvalue weighted by molar-refractivity contribution is -0.137. The van der Waals surface area contributed by atoms with E-state index < -0.39 is 6.04 Å². The van der Waals surface area contributed by atoms with Gasteiger partial charge < -0.3 is 14.7 Å². The number of nitrogens with one attached hydrogen (secondary N) is 1. The molecule has 0 unspecified atom stereocenters. The quantitative estimate of drug-likeness (QED) is 0.737. The predicted octanol–water partition coefficient (Wildman–Crippen LogP) is 2.09. The fourth-order valence-corrected chi connectivity index (χ4v) is 4.56. The summed E-state index contributed by atoms with van der Waals surface area (Å²) >= 11 is 0. The number of aliphatic hydroxyl groups excluding tert-OH is 1. The highest BCUT2D eigenvalue weighted by Crippen LogP contribution is 2.56. The minimum absolute atomic E-state index is 0.00573. The van der Waals surface area contributed by atoms with Gasteiger partial charge in [-0.2, -0.15) is 5.26 Å². The maximum absolute atomic E-state index is 13.3. The van der Waals surface area contributed by atoms with Gasteiger partial charge in [-0.3, -0.25) is 10.1 Å². The molecule has 1 aliphatic carbocycles. The van der Waals surface area contributed by atoms with Crippen molar-refractivity contribution in [2.45, 2.75) is 18.0 Å². The first kappa shape index (κ1) is 20.5. The molecule has 0 radical (unpaired) electrons. The number of ether oxygens (including phenoxy) is 1. The number of hydrogen-bond acceptors (Lipinski definition) is 5. The zero-order chi connectivity index (χ0) is 20.9. The zero-order valence-corrected chi connectivity index (χ0v) is 16.9. The largest absolute Gasteiger partial charge is 0.394 e. The van der Waals surface area contributed by atoms with Gasteiger partial charge in [0.25, 0.3) is 0 Å². The summed E-state index contributed by atoms with van der Waals surface area (Å²) in [5.74, 6) is -0.281. The standard InChI is InChI=1S/C24H27N3O3/c25-15-19(26-20(16-28)17-7-3-1-4-8-17)22-21(18-9-5-2-6-10-18)23(22)24(29)27-11-13-30-14-12-27/h1-10,19-23,26,28H,11-14,16H2/t19-,20+,21+,22+,23-/m0/s1. The molecule has 1 amide bonds. The Morgan fingerprint density at radius 1 is 1.13 bits per heavy atom. The molecule has 2 aliphatic rings. The van der Waals surface area contributed by atoms with E-state index in [9.17, 15) is 15.2 Å². The minimum atomic E-state index is -0.539. The molecule has 2 aromatic rings. The van der Waals surface area contributed by atoms with Crippen LogP contribution >= 0.6 is 0 Å². The first-order chi connectivity index (χ1) is 14.7. The lowest BCUT2D eigenvalue weighted by Gasteiger charge is -2.27. The predicted molar refractivity (Wildman–Crippen MR) is 112 cm³/mol. The van der Waals surface area contributed by atoms with Gasteiger partial charge in [-0.25, -0.2) is 0 Å². The highest BCUT2D eigenvalue weighted by atomic mass is 16.5. The van der Waals surface area contributed by atoms with Crippen molar-refractivity contribution in [1.29, 1.82) is 5.26 Å². The number of amides is 1. The number of carbonyl (C=O) groups is 1. The Bertz CT molecular complexity index is 878. The summed E-state index contributed by atoms with van der Waals surface area (Å²) in [5.41, 5.74) is 2.00. The van der Waals surface area contributed by atoms with Crippen molar-refractivity contribution in [2.24, 2.45) is 11.8 Å². The molecule has 2 aromatic carbocycles. The maximum Gasteiger partial charge on any atom is 0.226 e. The van der Waals surface area contributed by atoms with Crippen LogP contribution in [0.2, 0.25) is 0 Å². The van der Waals surface area contributed by atoms with Gasteiger partial charge in [-0.15, -0.1) is 0 Å². The van der Waals surface area contributed by atoms with Crippen molar-refractivity contribution in [1.82, 2.24) is 10.2 Å². The van der Waals surface area contributed by atoms with E-state index in [0.717, 1.165) is 11.1 Å². The number of hydrogen-bond donors (Lipinski definition) is 2.